The minimum atomic E-state index is -5.04. The third-order valence-electron chi connectivity index (χ3n) is 3.44. The fourth-order valence-electron chi connectivity index (χ4n) is 2.23. The predicted octanol–water partition coefficient (Wildman–Crippen LogP) is 3.73. The summed E-state index contributed by atoms with van der Waals surface area (Å²) in [6, 6.07) is 2.98. The van der Waals surface area contributed by atoms with Gasteiger partial charge in [0, 0.05) is 23.9 Å². The highest BCUT2D eigenvalue weighted by Gasteiger charge is 2.32. The van der Waals surface area contributed by atoms with Gasteiger partial charge in [-0.15, -0.1) is 13.2 Å². The molecule has 0 aliphatic carbocycles. The van der Waals surface area contributed by atoms with E-state index in [2.05, 4.69) is 15.0 Å². The summed E-state index contributed by atoms with van der Waals surface area (Å²) in [5, 5.41) is 18.7. The van der Waals surface area contributed by atoms with Crippen LogP contribution >= 0.6 is 11.6 Å². The number of nitrogens with one attached hydrogen (secondary N) is 2. The van der Waals surface area contributed by atoms with Crippen LogP contribution in [-0.4, -0.2) is 29.4 Å². The van der Waals surface area contributed by atoms with Crippen molar-refractivity contribution >= 4 is 29.5 Å². The number of carbonyl (C=O) groups is 1. The van der Waals surface area contributed by atoms with Gasteiger partial charge >= 0.3 is 12.3 Å². The molecule has 1 aromatic rings. The Labute approximate surface area is 155 Å². The summed E-state index contributed by atoms with van der Waals surface area (Å²) in [7, 11) is 0. The average molecular weight is 406 g/mol. The van der Waals surface area contributed by atoms with Gasteiger partial charge in [-0.2, -0.15) is 0 Å². The molecule has 0 amide bonds. The van der Waals surface area contributed by atoms with Crippen LogP contribution in [0, 0.1) is 11.2 Å². The van der Waals surface area contributed by atoms with Crippen LogP contribution < -0.4 is 10.1 Å². The van der Waals surface area contributed by atoms with Crippen molar-refractivity contribution in [2.45, 2.75) is 19.7 Å². The molecule has 0 bridgehead atoms. The van der Waals surface area contributed by atoms with Crippen molar-refractivity contribution in [2.24, 2.45) is 4.99 Å². The highest BCUT2D eigenvalue weighted by Crippen LogP contribution is 2.29. The first-order valence-corrected chi connectivity index (χ1v) is 7.63. The van der Waals surface area contributed by atoms with Crippen molar-refractivity contribution < 1.29 is 32.2 Å². The second-order valence-electron chi connectivity index (χ2n) is 5.32. The number of aliphatic carboxylic acids is 1. The largest absolute Gasteiger partial charge is 0.573 e. The Bertz CT molecular complexity index is 891. The van der Waals surface area contributed by atoms with E-state index in [0.29, 0.717) is 11.8 Å². The first kappa shape index (κ1) is 20.4. The standard InChI is InChI=1S/C16H12ClF4N3O3/c1-7-9(13(17)24-14(23-7)10(6-22)15(25)26)4-8-2-3-11(18)12(5-8)27-16(19,20)21/h2-3,5-6,22,24H,4H2,1H3,(H,25,26)/b14-10+,22-6?. The van der Waals surface area contributed by atoms with Gasteiger partial charge in [0.15, 0.2) is 11.6 Å². The van der Waals surface area contributed by atoms with Crippen molar-refractivity contribution in [2.75, 3.05) is 0 Å². The third-order valence-corrected chi connectivity index (χ3v) is 3.76. The second kappa shape index (κ2) is 7.78. The normalized spacial score (nSPS) is 16.4. The van der Waals surface area contributed by atoms with Gasteiger partial charge in [0.05, 0.1) is 0 Å². The minimum Gasteiger partial charge on any atom is -0.477 e. The molecule has 0 aromatic heterocycles. The number of aliphatic imine (C=N–C) groups is 1. The fourth-order valence-corrected chi connectivity index (χ4v) is 2.52. The van der Waals surface area contributed by atoms with Gasteiger partial charge in [0.25, 0.3) is 0 Å². The molecule has 6 nitrogen and oxygen atoms in total. The molecule has 11 heteroatoms. The van der Waals surface area contributed by atoms with E-state index in [-0.39, 0.29) is 28.7 Å². The monoisotopic (exact) mass is 405 g/mol. The molecule has 1 aliphatic heterocycles. The van der Waals surface area contributed by atoms with Gasteiger partial charge in [-0.1, -0.05) is 17.7 Å². The molecular formula is C16H12ClF4N3O3. The zero-order chi connectivity index (χ0) is 20.4. The summed E-state index contributed by atoms with van der Waals surface area (Å²) < 4.78 is 54.1. The van der Waals surface area contributed by atoms with Gasteiger partial charge in [0.1, 0.15) is 16.6 Å². The van der Waals surface area contributed by atoms with E-state index in [9.17, 15) is 22.4 Å². The van der Waals surface area contributed by atoms with Gasteiger partial charge in [-0.3, -0.25) is 0 Å². The molecule has 144 valence electrons. The summed E-state index contributed by atoms with van der Waals surface area (Å²) in [4.78, 5) is 15.1. The van der Waals surface area contributed by atoms with E-state index >= 15 is 0 Å². The highest BCUT2D eigenvalue weighted by atomic mass is 35.5. The molecule has 0 spiro atoms. The Morgan fingerprint density at radius 1 is 1.44 bits per heavy atom. The van der Waals surface area contributed by atoms with E-state index in [0.717, 1.165) is 12.1 Å². The molecule has 1 aliphatic rings. The average Bonchev–Trinajstić information content (AvgIpc) is 2.53. The molecule has 1 aromatic carbocycles. The van der Waals surface area contributed by atoms with Gasteiger partial charge < -0.3 is 20.6 Å². The number of allylic oxidation sites excluding steroid dienone is 1. The van der Waals surface area contributed by atoms with E-state index in [4.69, 9.17) is 22.1 Å². The van der Waals surface area contributed by atoms with Crippen molar-refractivity contribution in [3.05, 3.63) is 51.7 Å². The predicted molar refractivity (Wildman–Crippen MR) is 89.4 cm³/mol. The van der Waals surface area contributed by atoms with Crippen LogP contribution in [0.15, 0.2) is 45.3 Å². The summed E-state index contributed by atoms with van der Waals surface area (Å²) in [5.74, 6) is -3.69. The third kappa shape index (κ3) is 5.07. The lowest BCUT2D eigenvalue weighted by Gasteiger charge is -2.20. The van der Waals surface area contributed by atoms with Crippen molar-refractivity contribution in [3.63, 3.8) is 0 Å². The number of ether oxygens (including phenoxy) is 1. The molecule has 1 heterocycles. The van der Waals surface area contributed by atoms with E-state index in [1.54, 1.807) is 0 Å². The number of benzene rings is 1. The molecular weight excluding hydrogens is 394 g/mol. The highest BCUT2D eigenvalue weighted by molar-refractivity contribution is 6.32. The maximum Gasteiger partial charge on any atom is 0.573 e. The molecule has 3 N–H and O–H groups in total. The SMILES string of the molecule is CC1=N/C(=C(/C=N)C(=O)O)NC(Cl)=C1Cc1ccc(F)c(OC(F)(F)F)c1. The van der Waals surface area contributed by atoms with E-state index in [1.165, 1.54) is 13.0 Å². The minimum absolute atomic E-state index is 0.0132. The van der Waals surface area contributed by atoms with Crippen LogP contribution in [0.3, 0.4) is 0 Å². The van der Waals surface area contributed by atoms with Gasteiger partial charge in [-0.25, -0.2) is 14.2 Å². The van der Waals surface area contributed by atoms with E-state index in [1.807, 2.05) is 0 Å². The summed E-state index contributed by atoms with van der Waals surface area (Å²) in [5.41, 5.74) is 0.490. The number of hydrogen-bond donors (Lipinski definition) is 3. The summed E-state index contributed by atoms with van der Waals surface area (Å²) in [6.07, 6.45) is -4.47. The van der Waals surface area contributed by atoms with Crippen LogP contribution in [0.4, 0.5) is 17.6 Å². The fraction of sp³-hybridized carbons (Fsp3) is 0.188. The zero-order valence-corrected chi connectivity index (χ0v) is 14.4. The Morgan fingerprint density at radius 2 is 2.11 bits per heavy atom. The molecule has 2 rings (SSSR count). The summed E-state index contributed by atoms with van der Waals surface area (Å²) in [6.45, 7) is 1.51. The number of nitrogens with zero attached hydrogens (tertiary/aromatic N) is 1. The summed E-state index contributed by atoms with van der Waals surface area (Å²) >= 11 is 6.11. The van der Waals surface area contributed by atoms with Crippen molar-refractivity contribution in [1.29, 1.82) is 5.41 Å². The molecule has 0 atom stereocenters. The number of alkyl halides is 3. The Balaban J connectivity index is 2.33. The van der Waals surface area contributed by atoms with E-state index < -0.39 is 29.5 Å². The van der Waals surface area contributed by atoms with Crippen LogP contribution in [0.25, 0.3) is 0 Å². The second-order valence-corrected chi connectivity index (χ2v) is 5.69. The zero-order valence-electron chi connectivity index (χ0n) is 13.6. The quantitative estimate of drug-likeness (QED) is 0.301. The lowest BCUT2D eigenvalue weighted by atomic mass is 10.0. The van der Waals surface area contributed by atoms with Crippen LogP contribution in [0.1, 0.15) is 12.5 Å². The first-order valence-electron chi connectivity index (χ1n) is 7.25. The molecule has 0 unspecified atom stereocenters. The number of hydrogen-bond acceptors (Lipinski definition) is 5. The maximum absolute atomic E-state index is 13.5. The lowest BCUT2D eigenvalue weighted by Crippen LogP contribution is -2.24. The number of rotatable bonds is 5. The van der Waals surface area contributed by atoms with Crippen molar-refractivity contribution in [1.82, 2.24) is 5.32 Å². The lowest BCUT2D eigenvalue weighted by molar-refractivity contribution is -0.275. The van der Waals surface area contributed by atoms with Crippen LogP contribution in [0.2, 0.25) is 0 Å². The van der Waals surface area contributed by atoms with Gasteiger partial charge in [-0.05, 0) is 24.6 Å². The maximum atomic E-state index is 13.5. The van der Waals surface area contributed by atoms with Crippen LogP contribution in [0.5, 0.6) is 5.75 Å². The number of carboxylic acids is 1. The number of halogens is 5. The topological polar surface area (TPSA) is 94.8 Å². The van der Waals surface area contributed by atoms with Crippen molar-refractivity contribution in [3.8, 4) is 5.75 Å². The molecule has 0 fully saturated rings. The van der Waals surface area contributed by atoms with Crippen LogP contribution in [-0.2, 0) is 11.2 Å². The Morgan fingerprint density at radius 3 is 2.63 bits per heavy atom. The molecule has 0 saturated carbocycles. The Hall–Kier alpha value is -2.88. The molecule has 27 heavy (non-hydrogen) atoms. The first-order chi connectivity index (χ1) is 12.5. The smallest absolute Gasteiger partial charge is 0.477 e. The molecule has 0 saturated heterocycles. The molecule has 0 radical (unpaired) electrons. The number of carboxylic acid groups (broad SMARTS) is 1. The van der Waals surface area contributed by atoms with Gasteiger partial charge in [0.2, 0.25) is 0 Å². The Kier molecular flexibility index (Phi) is 5.89.